The monoisotopic (exact) mass is 226 g/mol. The fraction of sp³-hybridized carbons (Fsp3) is 0.500. The van der Waals surface area contributed by atoms with Crippen LogP contribution in [-0.4, -0.2) is 19.6 Å². The van der Waals surface area contributed by atoms with Crippen molar-refractivity contribution in [3.63, 3.8) is 0 Å². The second-order valence-corrected chi connectivity index (χ2v) is 4.29. The highest BCUT2D eigenvalue weighted by atomic mass is 19.1. The van der Waals surface area contributed by atoms with E-state index in [9.17, 15) is 8.78 Å². The van der Waals surface area contributed by atoms with Gasteiger partial charge in [0.15, 0.2) is 0 Å². The van der Waals surface area contributed by atoms with Crippen LogP contribution in [0.4, 0.5) is 14.5 Å². The third kappa shape index (κ3) is 2.16. The molecule has 1 aliphatic rings. The molecule has 1 fully saturated rings. The quantitative estimate of drug-likeness (QED) is 0.851. The molecule has 0 bridgehead atoms. The summed E-state index contributed by atoms with van der Waals surface area (Å²) < 4.78 is 27.5. The number of halogens is 2. The molecule has 16 heavy (non-hydrogen) atoms. The topological polar surface area (TPSA) is 29.3 Å². The Morgan fingerprint density at radius 1 is 1.31 bits per heavy atom. The van der Waals surface area contributed by atoms with E-state index in [0.29, 0.717) is 24.6 Å². The molecular weight excluding hydrogens is 210 g/mol. The molecule has 0 aliphatic heterocycles. The third-order valence-electron chi connectivity index (χ3n) is 2.96. The molecule has 0 amide bonds. The Morgan fingerprint density at radius 2 is 1.88 bits per heavy atom. The van der Waals surface area contributed by atoms with Gasteiger partial charge in [-0.15, -0.1) is 0 Å². The van der Waals surface area contributed by atoms with E-state index >= 15 is 0 Å². The first kappa shape index (κ1) is 11.3. The smallest absolute Gasteiger partial charge is 0.149 e. The SMILES string of the molecule is CN(c1c(F)cc(CCN)cc1F)C1CC1. The standard InChI is InChI=1S/C12H16F2N2/c1-16(9-2-3-9)12-10(13)6-8(4-5-15)7-11(12)14/h6-7,9H,2-5,15H2,1H3. The summed E-state index contributed by atoms with van der Waals surface area (Å²) in [7, 11) is 1.74. The molecule has 0 radical (unpaired) electrons. The predicted octanol–water partition coefficient (Wildman–Crippen LogP) is 2.06. The molecule has 2 rings (SSSR count). The van der Waals surface area contributed by atoms with Crippen LogP contribution in [-0.2, 0) is 6.42 Å². The second-order valence-electron chi connectivity index (χ2n) is 4.29. The van der Waals surface area contributed by atoms with Gasteiger partial charge >= 0.3 is 0 Å². The Morgan fingerprint density at radius 3 is 2.31 bits per heavy atom. The van der Waals surface area contributed by atoms with Gasteiger partial charge in [-0.1, -0.05) is 0 Å². The van der Waals surface area contributed by atoms with Crippen LogP contribution in [0.25, 0.3) is 0 Å². The maximum absolute atomic E-state index is 13.8. The number of benzene rings is 1. The molecule has 0 heterocycles. The number of rotatable bonds is 4. The molecule has 0 spiro atoms. The highest BCUT2D eigenvalue weighted by Crippen LogP contribution is 2.33. The van der Waals surface area contributed by atoms with Crippen LogP contribution in [0.1, 0.15) is 18.4 Å². The molecule has 2 N–H and O–H groups in total. The molecule has 88 valence electrons. The molecule has 1 saturated carbocycles. The number of anilines is 1. The van der Waals surface area contributed by atoms with Crippen LogP contribution in [0.15, 0.2) is 12.1 Å². The Hall–Kier alpha value is -1.16. The van der Waals surface area contributed by atoms with Crippen molar-refractivity contribution >= 4 is 5.69 Å². The lowest BCUT2D eigenvalue weighted by atomic mass is 10.1. The summed E-state index contributed by atoms with van der Waals surface area (Å²) in [6, 6.07) is 3.05. The largest absolute Gasteiger partial charge is 0.367 e. The second kappa shape index (κ2) is 4.37. The summed E-state index contributed by atoms with van der Waals surface area (Å²) in [5.41, 5.74) is 6.06. The number of hydrogen-bond donors (Lipinski definition) is 1. The zero-order valence-electron chi connectivity index (χ0n) is 9.34. The molecule has 2 nitrogen and oxygen atoms in total. The number of hydrogen-bond acceptors (Lipinski definition) is 2. The predicted molar refractivity (Wildman–Crippen MR) is 60.5 cm³/mol. The lowest BCUT2D eigenvalue weighted by molar-refractivity contribution is 0.573. The molecule has 0 atom stereocenters. The van der Waals surface area contributed by atoms with Gasteiger partial charge in [0.25, 0.3) is 0 Å². The van der Waals surface area contributed by atoms with Crippen molar-refractivity contribution in [3.8, 4) is 0 Å². The fourth-order valence-corrected chi connectivity index (χ4v) is 1.91. The Kier molecular flexibility index (Phi) is 3.10. The maximum atomic E-state index is 13.8. The molecule has 4 heteroatoms. The average Bonchev–Trinajstić information content (AvgIpc) is 2.99. The van der Waals surface area contributed by atoms with Crippen molar-refractivity contribution in [2.45, 2.75) is 25.3 Å². The van der Waals surface area contributed by atoms with Crippen LogP contribution in [0.2, 0.25) is 0 Å². The van der Waals surface area contributed by atoms with E-state index in [0.717, 1.165) is 12.8 Å². The van der Waals surface area contributed by atoms with Crippen LogP contribution in [0, 0.1) is 11.6 Å². The van der Waals surface area contributed by atoms with E-state index in [4.69, 9.17) is 5.73 Å². The number of nitrogens with zero attached hydrogens (tertiary/aromatic N) is 1. The minimum atomic E-state index is -0.488. The van der Waals surface area contributed by atoms with E-state index in [1.54, 1.807) is 11.9 Å². The van der Waals surface area contributed by atoms with E-state index < -0.39 is 11.6 Å². The van der Waals surface area contributed by atoms with Crippen LogP contribution in [0.3, 0.4) is 0 Å². The summed E-state index contributed by atoms with van der Waals surface area (Å²) in [6.45, 7) is 0.399. The normalized spacial score (nSPS) is 15.2. The lowest BCUT2D eigenvalue weighted by Gasteiger charge is -2.20. The lowest BCUT2D eigenvalue weighted by Crippen LogP contribution is -2.22. The summed E-state index contributed by atoms with van der Waals surface area (Å²) in [5.74, 6) is -0.976. The fourth-order valence-electron chi connectivity index (χ4n) is 1.91. The van der Waals surface area contributed by atoms with Gasteiger partial charge in [-0.05, 0) is 43.5 Å². The van der Waals surface area contributed by atoms with Crippen molar-refractivity contribution in [2.75, 3.05) is 18.5 Å². The molecule has 0 aromatic heterocycles. The van der Waals surface area contributed by atoms with E-state index in [1.807, 2.05) is 0 Å². The van der Waals surface area contributed by atoms with Gasteiger partial charge in [-0.3, -0.25) is 0 Å². The summed E-state index contributed by atoms with van der Waals surface area (Å²) >= 11 is 0. The Balaban J connectivity index is 2.30. The van der Waals surface area contributed by atoms with E-state index in [2.05, 4.69) is 0 Å². The van der Waals surface area contributed by atoms with E-state index in [-0.39, 0.29) is 5.69 Å². The molecule has 0 saturated heterocycles. The minimum Gasteiger partial charge on any atom is -0.367 e. The summed E-state index contributed by atoms with van der Waals surface area (Å²) in [4.78, 5) is 1.69. The van der Waals surface area contributed by atoms with Crippen molar-refractivity contribution < 1.29 is 8.78 Å². The molecule has 1 aromatic rings. The highest BCUT2D eigenvalue weighted by Gasteiger charge is 2.29. The van der Waals surface area contributed by atoms with Crippen molar-refractivity contribution in [1.82, 2.24) is 0 Å². The highest BCUT2D eigenvalue weighted by molar-refractivity contribution is 5.51. The van der Waals surface area contributed by atoms with Gasteiger partial charge in [0.2, 0.25) is 0 Å². The first-order valence-electron chi connectivity index (χ1n) is 5.54. The van der Waals surface area contributed by atoms with Crippen molar-refractivity contribution in [2.24, 2.45) is 5.73 Å². The van der Waals surface area contributed by atoms with Crippen LogP contribution in [0.5, 0.6) is 0 Å². The van der Waals surface area contributed by atoms with Gasteiger partial charge in [0.05, 0.1) is 0 Å². The first-order chi connectivity index (χ1) is 7.63. The third-order valence-corrected chi connectivity index (χ3v) is 2.96. The van der Waals surface area contributed by atoms with E-state index in [1.165, 1.54) is 12.1 Å². The molecular formula is C12H16F2N2. The van der Waals surface area contributed by atoms with Crippen molar-refractivity contribution in [3.05, 3.63) is 29.3 Å². The van der Waals surface area contributed by atoms with Gasteiger partial charge in [0, 0.05) is 13.1 Å². The minimum absolute atomic E-state index is 0.0864. The Bertz CT molecular complexity index is 366. The number of nitrogens with two attached hydrogens (primary N) is 1. The van der Waals surface area contributed by atoms with Crippen LogP contribution >= 0.6 is 0 Å². The summed E-state index contributed by atoms with van der Waals surface area (Å²) in [6.07, 6.45) is 2.53. The molecule has 1 aliphatic carbocycles. The zero-order chi connectivity index (χ0) is 11.7. The Labute approximate surface area is 94.0 Å². The summed E-state index contributed by atoms with van der Waals surface area (Å²) in [5, 5.41) is 0. The van der Waals surface area contributed by atoms with Crippen LogP contribution < -0.4 is 10.6 Å². The molecule has 0 unspecified atom stereocenters. The average molecular weight is 226 g/mol. The zero-order valence-corrected chi connectivity index (χ0v) is 9.34. The van der Waals surface area contributed by atoms with Gasteiger partial charge in [-0.25, -0.2) is 8.78 Å². The molecule has 1 aromatic carbocycles. The van der Waals surface area contributed by atoms with Crippen molar-refractivity contribution in [1.29, 1.82) is 0 Å². The maximum Gasteiger partial charge on any atom is 0.149 e. The van der Waals surface area contributed by atoms with Gasteiger partial charge < -0.3 is 10.6 Å². The van der Waals surface area contributed by atoms with Gasteiger partial charge in [0.1, 0.15) is 17.3 Å². The van der Waals surface area contributed by atoms with Gasteiger partial charge in [-0.2, -0.15) is 0 Å². The first-order valence-corrected chi connectivity index (χ1v) is 5.54.